The molecule has 0 spiro atoms. The van der Waals surface area contributed by atoms with Crippen molar-refractivity contribution in [1.82, 2.24) is 66.4 Å². The molecule has 1 unspecified atom stereocenters. The van der Waals surface area contributed by atoms with Crippen LogP contribution in [0.25, 0.3) is 22.3 Å². The predicted molar refractivity (Wildman–Crippen MR) is 344 cm³/mol. The highest BCUT2D eigenvalue weighted by atomic mass is 19.1. The number of carbonyl (C=O) groups is 13. The number of aromatic nitrogens is 2. The third kappa shape index (κ3) is 17.5. The summed E-state index contributed by atoms with van der Waals surface area (Å²) in [5.74, 6) is -10.7. The number of nitrogens with two attached hydrogens (primary N) is 2. The van der Waals surface area contributed by atoms with E-state index < -0.39 is 196 Å². The first kappa shape index (κ1) is 75.4. The minimum absolute atomic E-state index is 0.0177. The van der Waals surface area contributed by atoms with Crippen molar-refractivity contribution in [2.75, 3.05) is 87.3 Å². The van der Waals surface area contributed by atoms with E-state index in [4.69, 9.17) is 30.7 Å². The maximum absolute atomic E-state index is 15.4. The number of nitrogens with one attached hydrogen (secondary N) is 7. The van der Waals surface area contributed by atoms with Crippen LogP contribution >= 0.6 is 0 Å². The van der Waals surface area contributed by atoms with E-state index in [2.05, 4.69) is 37.2 Å². The van der Waals surface area contributed by atoms with Gasteiger partial charge in [0.1, 0.15) is 44.0 Å². The number of ether oxygens (including phenoxy) is 3. The van der Waals surface area contributed by atoms with Crippen molar-refractivity contribution in [2.24, 2.45) is 11.5 Å². The van der Waals surface area contributed by atoms with E-state index >= 15 is 4.39 Å². The van der Waals surface area contributed by atoms with Gasteiger partial charge in [0, 0.05) is 63.6 Å². The molecule has 35 nitrogen and oxygen atoms in total. The normalized spacial score (nSPS) is 19.0. The number of fused-ring (bicyclic) bond motifs is 5. The predicted octanol–water partition coefficient (Wildman–Crippen LogP) is -6.21. The minimum atomic E-state index is -2.08. The van der Waals surface area contributed by atoms with Gasteiger partial charge in [-0.15, -0.1) is 0 Å². The number of likely N-dealkylation sites (N-methyl/N-ethyl adjacent to an activating group) is 4. The molecule has 1 saturated heterocycles. The number of cyclic esters (lactones) is 1. The molecule has 36 heteroatoms. The Morgan fingerprint density at radius 2 is 1.39 bits per heavy atom. The fourth-order valence-electron chi connectivity index (χ4n) is 11.8. The van der Waals surface area contributed by atoms with Crippen LogP contribution in [0.2, 0.25) is 0 Å². The smallest absolute Gasteiger partial charge is 0.343 e. The molecule has 0 radical (unpaired) electrons. The second kappa shape index (κ2) is 32.5. The zero-order valence-electron chi connectivity index (χ0n) is 55.6. The van der Waals surface area contributed by atoms with Crippen molar-refractivity contribution >= 4 is 87.8 Å². The van der Waals surface area contributed by atoms with Gasteiger partial charge >= 0.3 is 5.97 Å². The summed E-state index contributed by atoms with van der Waals surface area (Å²) < 4.78 is 33.0. The van der Waals surface area contributed by atoms with Gasteiger partial charge < -0.3 is 102 Å². The highest BCUT2D eigenvalue weighted by Gasteiger charge is 2.49. The van der Waals surface area contributed by atoms with Gasteiger partial charge in [-0.1, -0.05) is 37.3 Å². The van der Waals surface area contributed by atoms with Gasteiger partial charge in [0.25, 0.3) is 11.5 Å². The molecule has 4 aliphatic rings. The SMILES string of the molecule is CC[C@@]1(O)C(=O)OCc2c1cc1n(c2=O)Cc2c-1nc1cc(F)c(C)c3c1c2[C@@H](NC(=O)COCNC(=O)CNC(=O)[C@H](Cc1ccccc1)NC(=O)CNC(=O)CNC(=O)[C@@H](N)CCC(=O)NC1O[C@H](C(=O)N(C)CC(=O)N(C)CC(=O)N(C)CC(=O)N(C)CC(N)=O)[C@@H](O)[C@H]1O)CC3. The Labute approximate surface area is 570 Å². The third-order valence-corrected chi connectivity index (χ3v) is 17.5. The highest BCUT2D eigenvalue weighted by Crippen LogP contribution is 2.46. The van der Waals surface area contributed by atoms with E-state index in [0.29, 0.717) is 57.4 Å². The van der Waals surface area contributed by atoms with E-state index in [9.17, 15) is 82.4 Å². The number of benzene rings is 2. The fourth-order valence-corrected chi connectivity index (χ4v) is 11.8. The van der Waals surface area contributed by atoms with Gasteiger partial charge in [0.2, 0.25) is 65.0 Å². The lowest BCUT2D eigenvalue weighted by molar-refractivity contribution is -0.172. The molecule has 14 N–H and O–H groups in total. The van der Waals surface area contributed by atoms with E-state index in [-0.39, 0.29) is 55.6 Å². The van der Waals surface area contributed by atoms with Crippen LogP contribution < -0.4 is 54.2 Å². The van der Waals surface area contributed by atoms with Crippen LogP contribution in [0, 0.1) is 12.7 Å². The van der Waals surface area contributed by atoms with Crippen molar-refractivity contribution in [2.45, 2.75) is 114 Å². The van der Waals surface area contributed by atoms with Crippen LogP contribution in [0.15, 0.2) is 47.3 Å². The lowest BCUT2D eigenvalue weighted by Crippen LogP contribution is -2.52. The maximum atomic E-state index is 15.4. The standard InChI is InChI=1S/C64H80FN15O20/c1-7-64(97)36-18-42-54-34(23-80(42)61(94)35(36)28-99-63(64)96)53-39(15-13-33-31(2)37(65)19-40(74-54)52(33)53)72-48(86)29-98-30-71-46(84)21-70-59(93)41(17-32-11-9-8-10-12-32)73-47(85)22-68-45(83)20-69-58(92)38(66)14-16-44(82)75-60-56(91)55(90)57(100-60)62(95)79(6)27-51(89)78(5)26-50(88)77(4)25-49(87)76(3)24-43(67)81/h8-12,18-19,38-39,41,55-57,60,90-91,97H,7,13-17,20-30,66H2,1-6H3,(H2,67,81)(H,68,83)(H,69,92)(H,70,93)(H,71,84)(H,72,86)(H,73,85)(H,75,82)/t38-,39-,41-,55-,56+,57-,60?,64-/m0/s1. The zero-order valence-corrected chi connectivity index (χ0v) is 55.6. The molecule has 12 amide bonds. The number of aryl methyl sites for hydroxylation is 1. The molecule has 2 aromatic carbocycles. The van der Waals surface area contributed by atoms with Crippen LogP contribution in [0.4, 0.5) is 4.39 Å². The van der Waals surface area contributed by atoms with Crippen molar-refractivity contribution in [3.8, 4) is 11.4 Å². The summed E-state index contributed by atoms with van der Waals surface area (Å²) in [6, 6.07) is 8.00. The highest BCUT2D eigenvalue weighted by molar-refractivity contribution is 5.96. The van der Waals surface area contributed by atoms with E-state index in [1.54, 1.807) is 50.2 Å². The van der Waals surface area contributed by atoms with Gasteiger partial charge in [-0.25, -0.2) is 14.2 Å². The number of rotatable bonds is 30. The molecule has 100 heavy (non-hydrogen) atoms. The number of carbonyl (C=O) groups excluding carboxylic acids is 13. The van der Waals surface area contributed by atoms with Crippen molar-refractivity contribution in [3.63, 3.8) is 0 Å². The average Bonchev–Trinajstić information content (AvgIpc) is 1.48. The molecule has 3 aliphatic heterocycles. The van der Waals surface area contributed by atoms with Gasteiger partial charge in [-0.05, 0) is 60.9 Å². The molecule has 1 fully saturated rings. The Kier molecular flexibility index (Phi) is 24.5. The quantitative estimate of drug-likeness (QED) is 0.0116. The Morgan fingerprint density at radius 1 is 0.770 bits per heavy atom. The van der Waals surface area contributed by atoms with E-state index in [0.717, 1.165) is 19.6 Å². The number of aliphatic hydroxyl groups is 3. The monoisotopic (exact) mass is 1400 g/mol. The molecule has 1 aliphatic carbocycles. The average molecular weight is 1400 g/mol. The van der Waals surface area contributed by atoms with Crippen LogP contribution in [-0.4, -0.2) is 245 Å². The molecular weight excluding hydrogens is 1320 g/mol. The first-order valence-electron chi connectivity index (χ1n) is 31.7. The maximum Gasteiger partial charge on any atom is 0.343 e. The molecule has 8 atom stereocenters. The summed E-state index contributed by atoms with van der Waals surface area (Å²) in [6.07, 6.45) is -7.33. The van der Waals surface area contributed by atoms with Crippen molar-refractivity contribution in [1.29, 1.82) is 0 Å². The van der Waals surface area contributed by atoms with Crippen LogP contribution in [0.1, 0.15) is 77.6 Å². The number of nitrogens with zero attached hydrogens (tertiary/aromatic N) is 6. The molecule has 0 saturated carbocycles. The van der Waals surface area contributed by atoms with E-state index in [1.165, 1.54) is 38.8 Å². The Bertz CT molecular complexity index is 3990. The van der Waals surface area contributed by atoms with Crippen LogP contribution in [-0.2, 0) is 108 Å². The first-order chi connectivity index (χ1) is 47.3. The second-order valence-corrected chi connectivity index (χ2v) is 24.7. The van der Waals surface area contributed by atoms with Crippen molar-refractivity contribution < 1.29 is 96.2 Å². The fraction of sp³-hybridized carbons (Fsp3) is 0.484. The lowest BCUT2D eigenvalue weighted by Gasteiger charge is -2.31. The number of esters is 1. The largest absolute Gasteiger partial charge is 0.458 e. The molecular formula is C64H80FN15O20. The summed E-state index contributed by atoms with van der Waals surface area (Å²) in [7, 11) is 5.05. The lowest BCUT2D eigenvalue weighted by atomic mass is 9.81. The summed E-state index contributed by atoms with van der Waals surface area (Å²) >= 11 is 0. The van der Waals surface area contributed by atoms with Crippen LogP contribution in [0.3, 0.4) is 0 Å². The van der Waals surface area contributed by atoms with E-state index in [1.807, 2.05) is 0 Å². The van der Waals surface area contributed by atoms with Gasteiger partial charge in [0.05, 0.1) is 86.9 Å². The number of hydrogen-bond donors (Lipinski definition) is 12. The molecule has 4 aromatic rings. The van der Waals surface area contributed by atoms with Gasteiger partial charge in [0.15, 0.2) is 17.9 Å². The molecule has 538 valence electrons. The molecule has 2 aromatic heterocycles. The summed E-state index contributed by atoms with van der Waals surface area (Å²) in [5.41, 5.74) is 12.5. The summed E-state index contributed by atoms with van der Waals surface area (Å²) in [4.78, 5) is 189. The Morgan fingerprint density at radius 3 is 2.04 bits per heavy atom. The number of primary amides is 1. The van der Waals surface area contributed by atoms with Crippen molar-refractivity contribution in [3.05, 3.63) is 97.6 Å². The van der Waals surface area contributed by atoms with Crippen LogP contribution in [0.5, 0.6) is 0 Å². The number of pyridine rings is 2. The molecule has 8 rings (SSSR count). The van der Waals surface area contributed by atoms with Gasteiger partial charge in [-0.2, -0.15) is 0 Å². The number of hydrogen-bond acceptors (Lipinski definition) is 22. The third-order valence-electron chi connectivity index (χ3n) is 17.5. The Balaban J connectivity index is 0.739. The zero-order chi connectivity index (χ0) is 73.2. The Hall–Kier alpha value is -10.4. The minimum Gasteiger partial charge on any atom is -0.458 e. The van der Waals surface area contributed by atoms with Gasteiger partial charge in [-0.3, -0.25) is 62.3 Å². The summed E-state index contributed by atoms with van der Waals surface area (Å²) in [6.45, 7) is -2.01. The second-order valence-electron chi connectivity index (χ2n) is 24.7. The first-order valence-corrected chi connectivity index (χ1v) is 31.7. The summed E-state index contributed by atoms with van der Waals surface area (Å²) in [5, 5.41) is 50.5. The number of aliphatic hydroxyl groups excluding tert-OH is 2. The number of halogens is 1. The number of amides is 12. The topological polar surface area (TPSA) is 494 Å². The molecule has 5 heterocycles. The molecule has 0 bridgehead atoms.